The Bertz CT molecular complexity index is 1620. The third kappa shape index (κ3) is 5.48. The van der Waals surface area contributed by atoms with Crippen molar-refractivity contribution in [1.82, 2.24) is 14.8 Å². The molecule has 212 valence electrons. The van der Waals surface area contributed by atoms with Crippen LogP contribution in [0.3, 0.4) is 0 Å². The number of fused-ring (bicyclic) bond motifs is 1. The predicted molar refractivity (Wildman–Crippen MR) is 151 cm³/mol. The molecule has 1 atom stereocenters. The fourth-order valence-corrected chi connectivity index (χ4v) is 4.80. The molecule has 0 spiro atoms. The number of carbonyl (C=O) groups is 1. The summed E-state index contributed by atoms with van der Waals surface area (Å²) >= 11 is 6.15. The molecule has 0 saturated heterocycles. The van der Waals surface area contributed by atoms with Gasteiger partial charge in [0.2, 0.25) is 5.95 Å². The summed E-state index contributed by atoms with van der Waals surface area (Å²) in [4.78, 5) is 18.1. The van der Waals surface area contributed by atoms with Gasteiger partial charge in [-0.2, -0.15) is 10.1 Å². The zero-order valence-electron chi connectivity index (χ0n) is 22.7. The van der Waals surface area contributed by atoms with Crippen molar-refractivity contribution in [3.63, 3.8) is 0 Å². The number of benzene rings is 3. The van der Waals surface area contributed by atoms with Gasteiger partial charge in [0.25, 0.3) is 5.91 Å². The van der Waals surface area contributed by atoms with Crippen LogP contribution in [0.4, 0.5) is 16.0 Å². The molecule has 1 aliphatic rings. The van der Waals surface area contributed by atoms with E-state index in [1.165, 1.54) is 32.7 Å². The zero-order chi connectivity index (χ0) is 29.1. The van der Waals surface area contributed by atoms with E-state index in [0.717, 1.165) is 0 Å². The minimum Gasteiger partial charge on any atom is -0.497 e. The molecule has 41 heavy (non-hydrogen) atoms. The maximum Gasteiger partial charge on any atom is 0.255 e. The van der Waals surface area contributed by atoms with E-state index in [0.29, 0.717) is 51.5 Å². The van der Waals surface area contributed by atoms with Crippen molar-refractivity contribution in [2.45, 2.75) is 19.6 Å². The van der Waals surface area contributed by atoms with Crippen molar-refractivity contribution >= 4 is 29.1 Å². The lowest BCUT2D eigenvalue weighted by Gasteiger charge is -2.29. The Hall–Kier alpha value is -4.77. The van der Waals surface area contributed by atoms with Crippen LogP contribution in [0.1, 0.15) is 24.1 Å². The number of amides is 1. The average molecular weight is 580 g/mol. The Morgan fingerprint density at radius 1 is 1.05 bits per heavy atom. The molecule has 10 nitrogen and oxygen atoms in total. The monoisotopic (exact) mass is 579 g/mol. The number of allylic oxidation sites excluding steroid dienone is 1. The number of carbonyl (C=O) groups excluding carboxylic acids is 1. The molecule has 12 heteroatoms. The van der Waals surface area contributed by atoms with Gasteiger partial charge in [0.15, 0.2) is 11.5 Å². The normalized spacial score (nSPS) is 14.1. The smallest absolute Gasteiger partial charge is 0.255 e. The fourth-order valence-electron chi connectivity index (χ4n) is 4.58. The molecule has 0 fully saturated rings. The van der Waals surface area contributed by atoms with Crippen molar-refractivity contribution in [2.75, 3.05) is 32.0 Å². The SMILES string of the molecule is COc1ccc(NC(=O)C2=C(C)Nc3ncnn3[C@@H]2c2ccc(OCc3c(F)cccc3Cl)c(OC)c2)c(OC)c1. The van der Waals surface area contributed by atoms with Crippen LogP contribution < -0.4 is 29.6 Å². The summed E-state index contributed by atoms with van der Waals surface area (Å²) in [5.74, 6) is 1.41. The number of halogens is 2. The number of rotatable bonds is 9. The molecule has 0 radical (unpaired) electrons. The van der Waals surface area contributed by atoms with E-state index in [-0.39, 0.29) is 23.1 Å². The third-order valence-corrected chi connectivity index (χ3v) is 6.99. The third-order valence-electron chi connectivity index (χ3n) is 6.63. The van der Waals surface area contributed by atoms with Crippen LogP contribution >= 0.6 is 11.6 Å². The number of hydrogen-bond acceptors (Lipinski definition) is 8. The first-order valence-electron chi connectivity index (χ1n) is 12.5. The minimum absolute atomic E-state index is 0.0991. The molecule has 2 N–H and O–H groups in total. The topological polar surface area (TPSA) is 109 Å². The van der Waals surface area contributed by atoms with Gasteiger partial charge in [0.1, 0.15) is 36.3 Å². The molecule has 2 heterocycles. The quantitative estimate of drug-likeness (QED) is 0.264. The van der Waals surface area contributed by atoms with Crippen molar-refractivity contribution < 1.29 is 28.1 Å². The molecular weight excluding hydrogens is 553 g/mol. The summed E-state index contributed by atoms with van der Waals surface area (Å²) in [5, 5.41) is 10.7. The molecular formula is C29H27ClFN5O5. The van der Waals surface area contributed by atoms with Gasteiger partial charge in [-0.05, 0) is 48.9 Å². The van der Waals surface area contributed by atoms with E-state index < -0.39 is 11.9 Å². The summed E-state index contributed by atoms with van der Waals surface area (Å²) in [6, 6.07) is 14.1. The second-order valence-electron chi connectivity index (χ2n) is 9.01. The highest BCUT2D eigenvalue weighted by atomic mass is 35.5. The Morgan fingerprint density at radius 2 is 1.85 bits per heavy atom. The van der Waals surface area contributed by atoms with Crippen molar-refractivity contribution in [2.24, 2.45) is 0 Å². The average Bonchev–Trinajstić information content (AvgIpc) is 3.44. The summed E-state index contributed by atoms with van der Waals surface area (Å²) in [7, 11) is 4.56. The second kappa shape index (κ2) is 11.8. The number of ether oxygens (including phenoxy) is 4. The molecule has 5 rings (SSSR count). The molecule has 3 aromatic carbocycles. The van der Waals surface area contributed by atoms with E-state index in [1.54, 1.807) is 61.2 Å². The van der Waals surface area contributed by atoms with Gasteiger partial charge in [-0.3, -0.25) is 4.79 Å². The maximum atomic E-state index is 14.3. The highest BCUT2D eigenvalue weighted by Gasteiger charge is 2.34. The number of nitrogens with one attached hydrogen (secondary N) is 2. The van der Waals surface area contributed by atoms with E-state index in [4.69, 9.17) is 30.5 Å². The first kappa shape index (κ1) is 27.8. The second-order valence-corrected chi connectivity index (χ2v) is 9.42. The highest BCUT2D eigenvalue weighted by molar-refractivity contribution is 6.31. The lowest BCUT2D eigenvalue weighted by atomic mass is 9.94. The van der Waals surface area contributed by atoms with Gasteiger partial charge in [-0.15, -0.1) is 0 Å². The molecule has 0 unspecified atom stereocenters. The number of aromatic nitrogens is 3. The first-order valence-corrected chi connectivity index (χ1v) is 12.9. The van der Waals surface area contributed by atoms with Crippen LogP contribution in [0.15, 0.2) is 72.2 Å². The standard InChI is InChI=1S/C29H27ClFN5O5/c1-16-26(28(37)35-22-10-9-18(38-2)13-24(22)39-3)27(36-29(34-16)32-15-33-36)17-8-11-23(25(12-17)40-4)41-14-19-20(30)6-5-7-21(19)31/h5-13,15,27H,14H2,1-4H3,(H,35,37)(H,32,33,34)/t27-/m1/s1. The van der Waals surface area contributed by atoms with Gasteiger partial charge in [-0.25, -0.2) is 9.07 Å². The van der Waals surface area contributed by atoms with Crippen LogP contribution in [0, 0.1) is 5.82 Å². The molecule has 1 aromatic heterocycles. The maximum absolute atomic E-state index is 14.3. The van der Waals surface area contributed by atoms with Crippen molar-refractivity contribution in [3.05, 3.63) is 94.2 Å². The van der Waals surface area contributed by atoms with E-state index in [1.807, 2.05) is 0 Å². The Kier molecular flexibility index (Phi) is 7.97. The number of anilines is 2. The lowest BCUT2D eigenvalue weighted by molar-refractivity contribution is -0.113. The summed E-state index contributed by atoms with van der Waals surface area (Å²) < 4.78 is 38.1. The summed E-state index contributed by atoms with van der Waals surface area (Å²) in [6.45, 7) is 1.69. The van der Waals surface area contributed by atoms with Crippen LogP contribution in [0.25, 0.3) is 0 Å². The fraction of sp³-hybridized carbons (Fsp3) is 0.207. The van der Waals surface area contributed by atoms with Gasteiger partial charge in [0.05, 0.1) is 37.6 Å². The van der Waals surface area contributed by atoms with Gasteiger partial charge in [-0.1, -0.05) is 23.7 Å². The largest absolute Gasteiger partial charge is 0.497 e. The molecule has 1 amide bonds. The predicted octanol–water partition coefficient (Wildman–Crippen LogP) is 5.60. The Morgan fingerprint density at radius 3 is 2.59 bits per heavy atom. The van der Waals surface area contributed by atoms with Crippen LogP contribution in [0.2, 0.25) is 5.02 Å². The molecule has 1 aliphatic heterocycles. The molecule has 0 bridgehead atoms. The van der Waals surface area contributed by atoms with E-state index in [9.17, 15) is 9.18 Å². The lowest BCUT2D eigenvalue weighted by Crippen LogP contribution is -2.31. The van der Waals surface area contributed by atoms with E-state index >= 15 is 0 Å². The van der Waals surface area contributed by atoms with Crippen molar-refractivity contribution in [3.8, 4) is 23.0 Å². The van der Waals surface area contributed by atoms with Crippen LogP contribution in [0.5, 0.6) is 23.0 Å². The number of methoxy groups -OCH3 is 3. The molecule has 0 saturated carbocycles. The van der Waals surface area contributed by atoms with Gasteiger partial charge >= 0.3 is 0 Å². The van der Waals surface area contributed by atoms with Gasteiger partial charge in [0, 0.05) is 17.3 Å². The summed E-state index contributed by atoms with van der Waals surface area (Å²) in [6.07, 6.45) is 1.41. The molecule has 4 aromatic rings. The summed E-state index contributed by atoms with van der Waals surface area (Å²) in [5.41, 5.74) is 2.37. The highest BCUT2D eigenvalue weighted by Crippen LogP contribution is 2.40. The van der Waals surface area contributed by atoms with Crippen molar-refractivity contribution in [1.29, 1.82) is 0 Å². The minimum atomic E-state index is -0.665. The first-order chi connectivity index (χ1) is 19.8. The van der Waals surface area contributed by atoms with E-state index in [2.05, 4.69) is 20.7 Å². The van der Waals surface area contributed by atoms with Crippen LogP contribution in [-0.4, -0.2) is 42.0 Å². The zero-order valence-corrected chi connectivity index (χ0v) is 23.5. The molecule has 0 aliphatic carbocycles. The van der Waals surface area contributed by atoms with Crippen LogP contribution in [-0.2, 0) is 11.4 Å². The Labute approximate surface area is 240 Å². The Balaban J connectivity index is 1.48. The van der Waals surface area contributed by atoms with Gasteiger partial charge < -0.3 is 29.6 Å². The number of hydrogen-bond donors (Lipinski definition) is 2. The number of nitrogens with zero attached hydrogens (tertiary/aromatic N) is 3.